The fourth-order valence-corrected chi connectivity index (χ4v) is 4.02. The van der Waals surface area contributed by atoms with E-state index in [-0.39, 0.29) is 30.9 Å². The van der Waals surface area contributed by atoms with Crippen LogP contribution >= 0.6 is 24.8 Å². The lowest BCUT2D eigenvalue weighted by atomic mass is 9.82. The molecule has 3 rings (SSSR count). The summed E-state index contributed by atoms with van der Waals surface area (Å²) in [6.45, 7) is 7.94. The van der Waals surface area contributed by atoms with Crippen molar-refractivity contribution >= 4 is 41.7 Å². The maximum Gasteiger partial charge on any atom is 0.260 e. The molecule has 0 saturated heterocycles. The van der Waals surface area contributed by atoms with Gasteiger partial charge in [-0.1, -0.05) is 13.3 Å². The van der Waals surface area contributed by atoms with Crippen LogP contribution in [0.15, 0.2) is 0 Å². The van der Waals surface area contributed by atoms with Crippen LogP contribution in [0.4, 0.5) is 5.82 Å². The van der Waals surface area contributed by atoms with Gasteiger partial charge in [0.15, 0.2) is 5.82 Å². The van der Waals surface area contributed by atoms with Crippen molar-refractivity contribution in [3.63, 3.8) is 0 Å². The first-order chi connectivity index (χ1) is 13.0. The van der Waals surface area contributed by atoms with Crippen molar-refractivity contribution in [3.8, 4) is 5.88 Å². The third-order valence-corrected chi connectivity index (χ3v) is 5.58. The number of fused-ring (bicyclic) bond motifs is 1. The summed E-state index contributed by atoms with van der Waals surface area (Å²) in [6, 6.07) is 0. The van der Waals surface area contributed by atoms with E-state index >= 15 is 0 Å². The molecule has 9 heteroatoms. The fourth-order valence-electron chi connectivity index (χ4n) is 4.02. The summed E-state index contributed by atoms with van der Waals surface area (Å²) in [5.74, 6) is 3.31. The molecule has 0 amide bonds. The molecule has 7 nitrogen and oxygen atoms in total. The van der Waals surface area contributed by atoms with Gasteiger partial charge in [-0.15, -0.1) is 35.0 Å². The summed E-state index contributed by atoms with van der Waals surface area (Å²) in [7, 11) is 0. The molecule has 29 heavy (non-hydrogen) atoms. The minimum absolute atomic E-state index is 0. The molecule has 0 bridgehead atoms. The first-order valence-electron chi connectivity index (χ1n) is 10.4. The van der Waals surface area contributed by atoms with Crippen LogP contribution in [0, 0.1) is 11.8 Å². The van der Waals surface area contributed by atoms with Crippen molar-refractivity contribution in [2.24, 2.45) is 17.6 Å². The van der Waals surface area contributed by atoms with Crippen molar-refractivity contribution in [1.29, 1.82) is 0 Å². The lowest BCUT2D eigenvalue weighted by Gasteiger charge is -2.28. The van der Waals surface area contributed by atoms with Gasteiger partial charge >= 0.3 is 0 Å². The van der Waals surface area contributed by atoms with Crippen LogP contribution in [0.1, 0.15) is 65.1 Å². The monoisotopic (exact) mass is 446 g/mol. The molecule has 0 radical (unpaired) electrons. The van der Waals surface area contributed by atoms with Crippen molar-refractivity contribution in [1.82, 2.24) is 19.7 Å². The standard InChI is InChI=1S/C20H34N6O.2ClH/c1-4-5-6-16-23-17-18(20(27-13(2)3)25-24-19(17)22)26(16)12-15-9-7-14(11-21)8-10-15;;/h13-15H,4-12,21H2,1-3H3,(H2,22,24);2*1H/t14-,15-;;. The second-order valence-electron chi connectivity index (χ2n) is 8.12. The molecule has 1 saturated carbocycles. The number of hydrogen-bond acceptors (Lipinski definition) is 6. The lowest BCUT2D eigenvalue weighted by Crippen LogP contribution is -2.24. The number of rotatable bonds is 8. The topological polar surface area (TPSA) is 105 Å². The Morgan fingerprint density at radius 1 is 1.10 bits per heavy atom. The zero-order chi connectivity index (χ0) is 19.4. The van der Waals surface area contributed by atoms with E-state index in [1.165, 1.54) is 25.7 Å². The van der Waals surface area contributed by atoms with Gasteiger partial charge in [0.1, 0.15) is 16.9 Å². The highest BCUT2D eigenvalue weighted by molar-refractivity contribution is 5.88. The van der Waals surface area contributed by atoms with E-state index in [0.717, 1.165) is 49.2 Å². The smallest absolute Gasteiger partial charge is 0.260 e. The molecule has 0 spiro atoms. The molecule has 4 N–H and O–H groups in total. The Labute approximate surface area is 186 Å². The number of nitrogen functional groups attached to an aromatic ring is 1. The summed E-state index contributed by atoms with van der Waals surface area (Å²) in [4.78, 5) is 4.85. The number of hydrogen-bond donors (Lipinski definition) is 2. The van der Waals surface area contributed by atoms with E-state index in [1.54, 1.807) is 0 Å². The number of anilines is 1. The number of nitrogens with zero attached hydrogens (tertiary/aromatic N) is 4. The normalized spacial score (nSPS) is 19.1. The predicted octanol–water partition coefficient (Wildman–Crippen LogP) is 4.15. The van der Waals surface area contributed by atoms with Gasteiger partial charge in [-0.05, 0) is 64.3 Å². The average Bonchev–Trinajstić information content (AvgIpc) is 3.02. The van der Waals surface area contributed by atoms with Crippen LogP contribution in [0.3, 0.4) is 0 Å². The van der Waals surface area contributed by atoms with Crippen molar-refractivity contribution in [2.45, 2.75) is 78.4 Å². The number of unbranched alkanes of at least 4 members (excludes halogenated alkanes) is 1. The van der Waals surface area contributed by atoms with Gasteiger partial charge in [0.05, 0.1) is 6.10 Å². The van der Waals surface area contributed by atoms with E-state index in [9.17, 15) is 0 Å². The fraction of sp³-hybridized carbons (Fsp3) is 0.750. The molecular weight excluding hydrogens is 411 g/mol. The van der Waals surface area contributed by atoms with E-state index < -0.39 is 0 Å². The summed E-state index contributed by atoms with van der Waals surface area (Å²) in [6.07, 6.45) is 8.05. The zero-order valence-electron chi connectivity index (χ0n) is 17.8. The van der Waals surface area contributed by atoms with Gasteiger partial charge in [0.25, 0.3) is 5.88 Å². The highest BCUT2D eigenvalue weighted by atomic mass is 35.5. The molecule has 2 heterocycles. The van der Waals surface area contributed by atoms with Gasteiger partial charge in [-0.2, -0.15) is 0 Å². The summed E-state index contributed by atoms with van der Waals surface area (Å²) < 4.78 is 8.26. The third-order valence-electron chi connectivity index (χ3n) is 5.58. The van der Waals surface area contributed by atoms with Crippen molar-refractivity contribution in [3.05, 3.63) is 5.82 Å². The highest BCUT2D eigenvalue weighted by Crippen LogP contribution is 2.33. The van der Waals surface area contributed by atoms with E-state index in [4.69, 9.17) is 21.2 Å². The summed E-state index contributed by atoms with van der Waals surface area (Å²) in [5, 5.41) is 8.32. The van der Waals surface area contributed by atoms with Crippen LogP contribution < -0.4 is 16.2 Å². The maximum atomic E-state index is 6.12. The Morgan fingerprint density at radius 2 is 1.76 bits per heavy atom. The first-order valence-corrected chi connectivity index (χ1v) is 10.4. The average molecular weight is 447 g/mol. The van der Waals surface area contributed by atoms with Crippen LogP contribution in [0.2, 0.25) is 0 Å². The predicted molar refractivity (Wildman–Crippen MR) is 123 cm³/mol. The molecule has 2 aromatic rings. The van der Waals surface area contributed by atoms with Crippen molar-refractivity contribution < 1.29 is 4.74 Å². The third kappa shape index (κ3) is 6.09. The molecule has 2 aromatic heterocycles. The first kappa shape index (κ1) is 25.7. The van der Waals surface area contributed by atoms with E-state index in [2.05, 4.69) is 21.7 Å². The molecule has 1 aliphatic carbocycles. The van der Waals surface area contributed by atoms with Crippen LogP contribution in [0.5, 0.6) is 5.88 Å². The summed E-state index contributed by atoms with van der Waals surface area (Å²) >= 11 is 0. The number of halogens is 2. The molecule has 166 valence electrons. The zero-order valence-corrected chi connectivity index (χ0v) is 19.4. The molecule has 0 aromatic carbocycles. The Bertz CT molecular complexity index is 759. The Balaban J connectivity index is 0.00000210. The molecule has 0 aliphatic heterocycles. The van der Waals surface area contributed by atoms with Gasteiger partial charge < -0.3 is 20.8 Å². The SMILES string of the molecule is CCCCc1nc2c(N)nnc(OC(C)C)c2n1C[C@H]1CC[C@H](CN)CC1.Cl.Cl. The number of aromatic nitrogens is 4. The molecule has 1 aliphatic rings. The van der Waals surface area contributed by atoms with Crippen molar-refractivity contribution in [2.75, 3.05) is 12.3 Å². The van der Waals surface area contributed by atoms with Gasteiger partial charge in [-0.25, -0.2) is 4.98 Å². The minimum Gasteiger partial charge on any atom is -0.472 e. The number of aryl methyl sites for hydroxylation is 1. The quantitative estimate of drug-likeness (QED) is 0.630. The lowest BCUT2D eigenvalue weighted by molar-refractivity contribution is 0.230. The second-order valence-corrected chi connectivity index (χ2v) is 8.12. The summed E-state index contributed by atoms with van der Waals surface area (Å²) in [5.41, 5.74) is 13.6. The largest absolute Gasteiger partial charge is 0.472 e. The van der Waals surface area contributed by atoms with Gasteiger partial charge in [0, 0.05) is 13.0 Å². The maximum absolute atomic E-state index is 6.12. The molecule has 1 fully saturated rings. The van der Waals surface area contributed by atoms with Crippen LogP contribution in [-0.2, 0) is 13.0 Å². The molecule has 0 atom stereocenters. The number of nitrogens with two attached hydrogens (primary N) is 2. The van der Waals surface area contributed by atoms with Crippen LogP contribution in [-0.4, -0.2) is 32.4 Å². The number of ether oxygens (including phenoxy) is 1. The van der Waals surface area contributed by atoms with E-state index in [0.29, 0.717) is 23.5 Å². The minimum atomic E-state index is 0. The van der Waals surface area contributed by atoms with Gasteiger partial charge in [0.2, 0.25) is 0 Å². The Morgan fingerprint density at radius 3 is 2.34 bits per heavy atom. The molecular formula is C20H36Cl2N6O. The van der Waals surface area contributed by atoms with E-state index in [1.807, 2.05) is 13.8 Å². The van der Waals surface area contributed by atoms with Crippen LogP contribution in [0.25, 0.3) is 11.0 Å². The number of imidazole rings is 1. The van der Waals surface area contributed by atoms with Gasteiger partial charge in [-0.3, -0.25) is 0 Å². The molecule has 0 unspecified atom stereocenters. The second kappa shape index (κ2) is 11.8. The Kier molecular flexibility index (Phi) is 10.4. The Hall–Kier alpha value is -1.31. The highest BCUT2D eigenvalue weighted by Gasteiger charge is 2.25.